The molecule has 0 aromatic heterocycles. The maximum atomic E-state index is 11.4. The number of ether oxygens (including phenoxy) is 1. The van der Waals surface area contributed by atoms with E-state index >= 15 is 0 Å². The molecule has 0 radical (unpaired) electrons. The van der Waals surface area contributed by atoms with Gasteiger partial charge < -0.3 is 4.74 Å². The molecule has 0 N–H and O–H groups in total. The van der Waals surface area contributed by atoms with Crippen molar-refractivity contribution in [3.8, 4) is 0 Å². The second-order valence-corrected chi connectivity index (χ2v) is 3.75. The van der Waals surface area contributed by atoms with Crippen molar-refractivity contribution in [2.24, 2.45) is 11.8 Å². The number of carbonyl (C=O) groups excluding carboxylic acids is 1. The lowest BCUT2D eigenvalue weighted by molar-refractivity contribution is -0.127. The van der Waals surface area contributed by atoms with Crippen LogP contribution in [0.2, 0.25) is 0 Å². The molecule has 3 fully saturated rings. The molecule has 0 amide bonds. The van der Waals surface area contributed by atoms with Crippen LogP contribution in [0.1, 0.15) is 19.3 Å². The Kier molecular flexibility index (Phi) is 0.691. The summed E-state index contributed by atoms with van der Waals surface area (Å²) in [7, 11) is 0. The summed E-state index contributed by atoms with van der Waals surface area (Å²) in [6.07, 6.45) is 3.49. The van der Waals surface area contributed by atoms with Gasteiger partial charge in [-0.15, -0.1) is 0 Å². The first kappa shape index (κ1) is 5.30. The summed E-state index contributed by atoms with van der Waals surface area (Å²) in [5, 5.41) is 0. The minimum absolute atomic E-state index is 0.219. The topological polar surface area (TPSA) is 29.6 Å². The van der Waals surface area contributed by atoms with Gasteiger partial charge >= 0.3 is 0 Å². The fraction of sp³-hybridized carbons (Fsp3) is 0.875. The first-order valence-electron chi connectivity index (χ1n) is 4.01. The van der Waals surface area contributed by atoms with Gasteiger partial charge in [-0.05, 0) is 25.2 Å². The van der Waals surface area contributed by atoms with E-state index in [1.54, 1.807) is 0 Å². The van der Waals surface area contributed by atoms with Crippen molar-refractivity contribution in [1.82, 2.24) is 0 Å². The zero-order chi connectivity index (χ0) is 6.77. The van der Waals surface area contributed by atoms with E-state index in [9.17, 15) is 4.79 Å². The number of carbonyl (C=O) groups is 1. The summed E-state index contributed by atoms with van der Waals surface area (Å²) in [6, 6.07) is 0. The average molecular weight is 138 g/mol. The Labute approximate surface area is 59.6 Å². The van der Waals surface area contributed by atoms with Gasteiger partial charge in [0, 0.05) is 5.92 Å². The van der Waals surface area contributed by atoms with Crippen molar-refractivity contribution >= 4 is 5.78 Å². The second-order valence-electron chi connectivity index (χ2n) is 3.75. The SMILES string of the molecule is O=C1C2CCC(C2)C12CO2. The number of ketones is 1. The summed E-state index contributed by atoms with van der Waals surface area (Å²) >= 11 is 0. The minimum Gasteiger partial charge on any atom is -0.361 e. The number of hydrogen-bond donors (Lipinski definition) is 0. The highest BCUT2D eigenvalue weighted by atomic mass is 16.6. The Morgan fingerprint density at radius 3 is 2.70 bits per heavy atom. The first-order valence-corrected chi connectivity index (χ1v) is 4.01. The van der Waals surface area contributed by atoms with Crippen LogP contribution in [0.15, 0.2) is 0 Å². The molecule has 54 valence electrons. The average Bonchev–Trinajstić information content (AvgIpc) is 2.51. The third-order valence-corrected chi connectivity index (χ3v) is 3.34. The summed E-state index contributed by atoms with van der Waals surface area (Å²) in [6.45, 7) is 0.729. The summed E-state index contributed by atoms with van der Waals surface area (Å²) in [5.41, 5.74) is -0.219. The van der Waals surface area contributed by atoms with E-state index in [1.165, 1.54) is 6.42 Å². The van der Waals surface area contributed by atoms with Crippen LogP contribution in [0, 0.1) is 11.8 Å². The molecule has 1 aliphatic heterocycles. The number of Topliss-reactive ketones (excluding diaryl/α,β-unsaturated/α-hetero) is 1. The Hall–Kier alpha value is -0.370. The van der Waals surface area contributed by atoms with E-state index < -0.39 is 0 Å². The molecular formula is C8H10O2. The van der Waals surface area contributed by atoms with Crippen LogP contribution >= 0.6 is 0 Å². The van der Waals surface area contributed by atoms with Gasteiger partial charge in [0.25, 0.3) is 0 Å². The molecule has 1 spiro atoms. The van der Waals surface area contributed by atoms with Crippen molar-refractivity contribution in [1.29, 1.82) is 0 Å². The van der Waals surface area contributed by atoms with E-state index in [4.69, 9.17) is 4.74 Å². The van der Waals surface area contributed by atoms with Crippen molar-refractivity contribution < 1.29 is 9.53 Å². The van der Waals surface area contributed by atoms with Crippen molar-refractivity contribution in [3.05, 3.63) is 0 Å². The number of fused-ring (bicyclic) bond motifs is 3. The largest absolute Gasteiger partial charge is 0.361 e. The third-order valence-electron chi connectivity index (χ3n) is 3.34. The molecule has 3 unspecified atom stereocenters. The van der Waals surface area contributed by atoms with Gasteiger partial charge in [-0.1, -0.05) is 0 Å². The number of hydrogen-bond acceptors (Lipinski definition) is 2. The maximum Gasteiger partial charge on any atom is 0.170 e. The standard InChI is InChI=1S/C8H10O2/c9-7-5-1-2-6(3-5)8(7)4-10-8/h5-6H,1-4H2. The predicted octanol–water partition coefficient (Wildman–Crippen LogP) is 0.754. The van der Waals surface area contributed by atoms with Crippen LogP contribution in [0.5, 0.6) is 0 Å². The molecular weight excluding hydrogens is 128 g/mol. The third kappa shape index (κ3) is 0.382. The van der Waals surface area contributed by atoms with Crippen LogP contribution in [0.25, 0.3) is 0 Å². The quantitative estimate of drug-likeness (QED) is 0.462. The molecule has 3 aliphatic rings. The lowest BCUT2D eigenvalue weighted by Crippen LogP contribution is -2.31. The fourth-order valence-electron chi connectivity index (χ4n) is 2.65. The molecule has 1 heterocycles. The summed E-state index contributed by atoms with van der Waals surface area (Å²) in [4.78, 5) is 11.4. The van der Waals surface area contributed by atoms with Crippen LogP contribution < -0.4 is 0 Å². The van der Waals surface area contributed by atoms with Gasteiger partial charge in [0.2, 0.25) is 0 Å². The Morgan fingerprint density at radius 1 is 1.50 bits per heavy atom. The molecule has 2 bridgehead atoms. The van der Waals surface area contributed by atoms with Gasteiger partial charge in [0.05, 0.1) is 6.61 Å². The molecule has 3 rings (SSSR count). The first-order chi connectivity index (χ1) is 4.83. The predicted molar refractivity (Wildman–Crippen MR) is 34.5 cm³/mol. The van der Waals surface area contributed by atoms with Crippen LogP contribution in [-0.2, 0) is 9.53 Å². The molecule has 3 atom stereocenters. The Morgan fingerprint density at radius 2 is 2.30 bits per heavy atom. The van der Waals surface area contributed by atoms with Crippen LogP contribution in [0.4, 0.5) is 0 Å². The Balaban J connectivity index is 2.06. The van der Waals surface area contributed by atoms with E-state index in [-0.39, 0.29) is 5.60 Å². The normalized spacial score (nSPS) is 56.6. The summed E-state index contributed by atoms with van der Waals surface area (Å²) in [5.74, 6) is 1.40. The van der Waals surface area contributed by atoms with Gasteiger partial charge in [-0.3, -0.25) is 4.79 Å². The molecule has 0 aromatic rings. The monoisotopic (exact) mass is 138 g/mol. The molecule has 1 saturated heterocycles. The number of epoxide rings is 1. The lowest BCUT2D eigenvalue weighted by Gasteiger charge is -2.14. The summed E-state index contributed by atoms with van der Waals surface area (Å²) < 4.78 is 5.25. The number of rotatable bonds is 0. The van der Waals surface area contributed by atoms with Crippen molar-refractivity contribution in [2.45, 2.75) is 24.9 Å². The van der Waals surface area contributed by atoms with E-state index in [1.807, 2.05) is 0 Å². The van der Waals surface area contributed by atoms with E-state index in [2.05, 4.69) is 0 Å². The Bertz CT molecular complexity index is 205. The molecule has 2 nitrogen and oxygen atoms in total. The molecule has 0 aromatic carbocycles. The molecule has 2 saturated carbocycles. The van der Waals surface area contributed by atoms with Crippen molar-refractivity contribution in [2.75, 3.05) is 6.61 Å². The molecule has 10 heavy (non-hydrogen) atoms. The fourth-order valence-corrected chi connectivity index (χ4v) is 2.65. The second kappa shape index (κ2) is 1.30. The van der Waals surface area contributed by atoms with Gasteiger partial charge in [0.15, 0.2) is 11.4 Å². The highest BCUT2D eigenvalue weighted by Gasteiger charge is 2.66. The molecule has 2 heteroatoms. The highest BCUT2D eigenvalue weighted by molar-refractivity contribution is 5.95. The van der Waals surface area contributed by atoms with Gasteiger partial charge in [0.1, 0.15) is 0 Å². The van der Waals surface area contributed by atoms with Crippen molar-refractivity contribution in [3.63, 3.8) is 0 Å². The van der Waals surface area contributed by atoms with Crippen LogP contribution in [-0.4, -0.2) is 18.0 Å². The molecule has 2 aliphatic carbocycles. The van der Waals surface area contributed by atoms with E-state index in [0.717, 1.165) is 19.4 Å². The van der Waals surface area contributed by atoms with Gasteiger partial charge in [-0.25, -0.2) is 0 Å². The minimum atomic E-state index is -0.219. The smallest absolute Gasteiger partial charge is 0.170 e. The van der Waals surface area contributed by atoms with E-state index in [0.29, 0.717) is 17.6 Å². The zero-order valence-electron chi connectivity index (χ0n) is 5.80. The zero-order valence-corrected chi connectivity index (χ0v) is 5.80. The lowest BCUT2D eigenvalue weighted by atomic mass is 9.88. The van der Waals surface area contributed by atoms with Gasteiger partial charge in [-0.2, -0.15) is 0 Å². The maximum absolute atomic E-state index is 11.4. The van der Waals surface area contributed by atoms with Crippen LogP contribution in [0.3, 0.4) is 0 Å². The highest BCUT2D eigenvalue weighted by Crippen LogP contribution is 2.55.